The number of rotatable bonds is 3. The largest absolute Gasteiger partial charge is 0.392 e. The Morgan fingerprint density at radius 2 is 2.26 bits per heavy atom. The monoisotopic (exact) mass is 265 g/mol. The number of aliphatic hydroxyl groups is 1. The van der Waals surface area contributed by atoms with Crippen molar-refractivity contribution in [3.05, 3.63) is 17.6 Å². The van der Waals surface area contributed by atoms with Gasteiger partial charge in [-0.05, 0) is 13.3 Å². The lowest BCUT2D eigenvalue weighted by atomic mass is 9.81. The number of nitrogens with two attached hydrogens (primary N) is 1. The van der Waals surface area contributed by atoms with Crippen molar-refractivity contribution >= 4 is 5.82 Å². The van der Waals surface area contributed by atoms with Crippen LogP contribution >= 0.6 is 0 Å². The zero-order valence-electron chi connectivity index (χ0n) is 11.8. The van der Waals surface area contributed by atoms with E-state index in [-0.39, 0.29) is 11.5 Å². The number of piperidine rings is 1. The molecular formula is C13H23N5O. The van der Waals surface area contributed by atoms with Crippen LogP contribution in [-0.4, -0.2) is 39.2 Å². The van der Waals surface area contributed by atoms with Crippen LogP contribution in [0.1, 0.15) is 31.8 Å². The molecule has 0 amide bonds. The molecule has 1 aromatic rings. The Morgan fingerprint density at radius 3 is 2.89 bits per heavy atom. The van der Waals surface area contributed by atoms with Crippen LogP contribution < -0.4 is 11.3 Å². The van der Waals surface area contributed by atoms with Gasteiger partial charge in [-0.1, -0.05) is 13.8 Å². The summed E-state index contributed by atoms with van der Waals surface area (Å²) in [5.74, 6) is 6.80. The number of aromatic nitrogens is 2. The highest BCUT2D eigenvalue weighted by molar-refractivity contribution is 5.33. The molecule has 19 heavy (non-hydrogen) atoms. The molecule has 2 rings (SSSR count). The molecule has 0 aliphatic carbocycles. The maximum Gasteiger partial charge on any atom is 0.145 e. The number of nitrogens with one attached hydrogen (secondary N) is 1. The van der Waals surface area contributed by atoms with Crippen molar-refractivity contribution in [3.63, 3.8) is 0 Å². The first-order valence-corrected chi connectivity index (χ1v) is 6.62. The maximum atomic E-state index is 9.96. The van der Waals surface area contributed by atoms with Crippen molar-refractivity contribution in [3.8, 4) is 0 Å². The van der Waals surface area contributed by atoms with Crippen LogP contribution in [0.5, 0.6) is 0 Å². The zero-order valence-corrected chi connectivity index (χ0v) is 11.8. The third-order valence-corrected chi connectivity index (χ3v) is 3.67. The van der Waals surface area contributed by atoms with E-state index >= 15 is 0 Å². The predicted octanol–water partition coefficient (Wildman–Crippen LogP) is 0.663. The normalized spacial score (nSPS) is 23.3. The number of hydrogen-bond donors (Lipinski definition) is 3. The van der Waals surface area contributed by atoms with Crippen molar-refractivity contribution < 1.29 is 5.11 Å². The summed E-state index contributed by atoms with van der Waals surface area (Å²) in [6.45, 7) is 8.51. The number of hydrogen-bond acceptors (Lipinski definition) is 6. The average molecular weight is 265 g/mol. The first-order chi connectivity index (χ1) is 8.90. The van der Waals surface area contributed by atoms with Gasteiger partial charge >= 0.3 is 0 Å². The highest BCUT2D eigenvalue weighted by Crippen LogP contribution is 2.29. The summed E-state index contributed by atoms with van der Waals surface area (Å²) in [7, 11) is 0. The van der Waals surface area contributed by atoms with E-state index in [1.807, 2.05) is 13.0 Å². The Kier molecular flexibility index (Phi) is 4.03. The second kappa shape index (κ2) is 5.40. The fraction of sp³-hybridized carbons (Fsp3) is 0.692. The lowest BCUT2D eigenvalue weighted by Gasteiger charge is -2.41. The lowest BCUT2D eigenvalue weighted by Crippen LogP contribution is -2.48. The standard InChI is InChI=1S/C13H23N5O/c1-9-6-11(17-14)16-12(15-9)7-18-5-4-10(19)13(2,3)8-18/h6,10,19H,4-5,7-8,14H2,1-3H3,(H,15,16,17). The molecule has 0 bridgehead atoms. The highest BCUT2D eigenvalue weighted by Gasteiger charge is 2.34. The number of aryl methyl sites for hydroxylation is 1. The van der Waals surface area contributed by atoms with E-state index in [4.69, 9.17) is 5.84 Å². The van der Waals surface area contributed by atoms with E-state index in [1.54, 1.807) is 0 Å². The Morgan fingerprint density at radius 1 is 1.53 bits per heavy atom. The third kappa shape index (κ3) is 3.40. The van der Waals surface area contributed by atoms with Gasteiger partial charge in [-0.3, -0.25) is 4.90 Å². The molecular weight excluding hydrogens is 242 g/mol. The summed E-state index contributed by atoms with van der Waals surface area (Å²) < 4.78 is 0. The second-order valence-corrected chi connectivity index (χ2v) is 5.96. The molecule has 4 N–H and O–H groups in total. The van der Waals surface area contributed by atoms with E-state index in [2.05, 4.69) is 34.1 Å². The maximum absolute atomic E-state index is 9.96. The van der Waals surface area contributed by atoms with Gasteiger partial charge in [0.05, 0.1) is 12.6 Å². The van der Waals surface area contributed by atoms with Gasteiger partial charge in [-0.15, -0.1) is 0 Å². The number of nitrogens with zero attached hydrogens (tertiary/aromatic N) is 3. The van der Waals surface area contributed by atoms with Crippen LogP contribution in [0, 0.1) is 12.3 Å². The summed E-state index contributed by atoms with van der Waals surface area (Å²) in [6.07, 6.45) is 0.560. The van der Waals surface area contributed by atoms with Crippen LogP contribution in [0.15, 0.2) is 6.07 Å². The minimum Gasteiger partial charge on any atom is -0.392 e. The quantitative estimate of drug-likeness (QED) is 0.550. The van der Waals surface area contributed by atoms with Crippen LogP contribution in [0.2, 0.25) is 0 Å². The summed E-state index contributed by atoms with van der Waals surface area (Å²) >= 11 is 0. The summed E-state index contributed by atoms with van der Waals surface area (Å²) in [5.41, 5.74) is 3.37. The van der Waals surface area contributed by atoms with Crippen molar-refractivity contribution in [1.29, 1.82) is 0 Å². The first kappa shape index (κ1) is 14.2. The van der Waals surface area contributed by atoms with E-state index in [1.165, 1.54) is 0 Å². The number of nitrogen functional groups attached to an aromatic ring is 1. The fourth-order valence-corrected chi connectivity index (χ4v) is 2.57. The number of likely N-dealkylation sites (tertiary alicyclic amines) is 1. The van der Waals surface area contributed by atoms with Crippen molar-refractivity contribution in [2.45, 2.75) is 39.8 Å². The minimum absolute atomic E-state index is 0.0863. The molecule has 1 saturated heterocycles. The van der Waals surface area contributed by atoms with E-state index in [0.29, 0.717) is 12.4 Å². The smallest absolute Gasteiger partial charge is 0.145 e. The third-order valence-electron chi connectivity index (χ3n) is 3.67. The molecule has 106 valence electrons. The van der Waals surface area contributed by atoms with Gasteiger partial charge in [-0.25, -0.2) is 15.8 Å². The molecule has 1 aliphatic heterocycles. The highest BCUT2D eigenvalue weighted by atomic mass is 16.3. The molecule has 1 unspecified atom stereocenters. The Hall–Kier alpha value is -1.24. The van der Waals surface area contributed by atoms with Crippen molar-refractivity contribution in [2.24, 2.45) is 11.3 Å². The number of aliphatic hydroxyl groups excluding tert-OH is 1. The van der Waals surface area contributed by atoms with Gasteiger partial charge in [0.2, 0.25) is 0 Å². The lowest BCUT2D eigenvalue weighted by molar-refractivity contribution is -0.0277. The summed E-state index contributed by atoms with van der Waals surface area (Å²) in [6, 6.07) is 1.81. The Labute approximate surface area is 114 Å². The molecule has 0 saturated carbocycles. The Balaban J connectivity index is 2.07. The molecule has 0 aromatic carbocycles. The molecule has 1 fully saturated rings. The first-order valence-electron chi connectivity index (χ1n) is 6.62. The van der Waals surface area contributed by atoms with Gasteiger partial charge in [0.15, 0.2) is 0 Å². The van der Waals surface area contributed by atoms with E-state index in [9.17, 15) is 5.11 Å². The summed E-state index contributed by atoms with van der Waals surface area (Å²) in [4.78, 5) is 11.1. The van der Waals surface area contributed by atoms with Crippen LogP contribution in [0.3, 0.4) is 0 Å². The SMILES string of the molecule is Cc1cc(NN)nc(CN2CCC(O)C(C)(C)C2)n1. The predicted molar refractivity (Wildman–Crippen MR) is 74.3 cm³/mol. The number of anilines is 1. The van der Waals surface area contributed by atoms with Gasteiger partial charge in [0.25, 0.3) is 0 Å². The topological polar surface area (TPSA) is 87.3 Å². The molecule has 6 nitrogen and oxygen atoms in total. The van der Waals surface area contributed by atoms with Crippen molar-refractivity contribution in [2.75, 3.05) is 18.5 Å². The van der Waals surface area contributed by atoms with Crippen molar-refractivity contribution in [1.82, 2.24) is 14.9 Å². The van der Waals surface area contributed by atoms with E-state index < -0.39 is 0 Å². The molecule has 1 aromatic heterocycles. The molecule has 0 spiro atoms. The molecule has 1 atom stereocenters. The average Bonchev–Trinajstić information content (AvgIpc) is 2.32. The number of hydrazine groups is 1. The molecule has 0 radical (unpaired) electrons. The van der Waals surface area contributed by atoms with Crippen LogP contribution in [0.4, 0.5) is 5.82 Å². The van der Waals surface area contributed by atoms with Crippen LogP contribution in [0.25, 0.3) is 0 Å². The van der Waals surface area contributed by atoms with Crippen LogP contribution in [-0.2, 0) is 6.54 Å². The Bertz CT molecular complexity index is 449. The minimum atomic E-state index is -0.233. The second-order valence-electron chi connectivity index (χ2n) is 5.96. The molecule has 2 heterocycles. The van der Waals surface area contributed by atoms with Gasteiger partial charge < -0.3 is 10.5 Å². The zero-order chi connectivity index (χ0) is 14.0. The molecule has 6 heteroatoms. The molecule has 1 aliphatic rings. The van der Waals surface area contributed by atoms with Gasteiger partial charge in [-0.2, -0.15) is 0 Å². The van der Waals surface area contributed by atoms with E-state index in [0.717, 1.165) is 31.0 Å². The summed E-state index contributed by atoms with van der Waals surface area (Å²) in [5, 5.41) is 9.96. The fourth-order valence-electron chi connectivity index (χ4n) is 2.57. The van der Waals surface area contributed by atoms with Gasteiger partial charge in [0, 0.05) is 30.3 Å². The van der Waals surface area contributed by atoms with Gasteiger partial charge in [0.1, 0.15) is 11.6 Å².